The molecule has 0 saturated carbocycles. The van der Waals surface area contributed by atoms with Crippen molar-refractivity contribution in [3.05, 3.63) is 94.5 Å². The van der Waals surface area contributed by atoms with Gasteiger partial charge in [-0.2, -0.15) is 0 Å². The molecule has 0 aliphatic carbocycles. The summed E-state index contributed by atoms with van der Waals surface area (Å²) in [7, 11) is -3.10. The van der Waals surface area contributed by atoms with Gasteiger partial charge in [-0.3, -0.25) is 4.79 Å². The van der Waals surface area contributed by atoms with E-state index in [2.05, 4.69) is 16.4 Å². The summed E-state index contributed by atoms with van der Waals surface area (Å²) < 4.78 is 23.9. The molecule has 1 N–H and O–H groups in total. The molecule has 0 saturated heterocycles. The average Bonchev–Trinajstić information content (AvgIpc) is 3.11. The first-order chi connectivity index (χ1) is 14.4. The smallest absolute Gasteiger partial charge is 0.255 e. The second kappa shape index (κ2) is 8.38. The minimum absolute atomic E-state index is 0.0367. The number of nitrogens with zero attached hydrogens (tertiary/aromatic N) is 1. The summed E-state index contributed by atoms with van der Waals surface area (Å²) >= 11 is 1.69. The van der Waals surface area contributed by atoms with E-state index in [-0.39, 0.29) is 11.7 Å². The van der Waals surface area contributed by atoms with Gasteiger partial charge in [-0.15, -0.1) is 11.3 Å². The molecule has 0 unspecified atom stereocenters. The molecule has 0 radical (unpaired) electrons. The van der Waals surface area contributed by atoms with Crippen molar-refractivity contribution in [3.63, 3.8) is 0 Å². The fourth-order valence-corrected chi connectivity index (χ4v) is 4.93. The van der Waals surface area contributed by atoms with Crippen LogP contribution in [0.4, 0.5) is 5.69 Å². The van der Waals surface area contributed by atoms with Crippen molar-refractivity contribution in [1.82, 2.24) is 4.98 Å². The van der Waals surface area contributed by atoms with E-state index in [0.717, 1.165) is 22.5 Å². The summed E-state index contributed by atoms with van der Waals surface area (Å²) in [6, 6.07) is 22.4. The Balaban J connectivity index is 1.39. The van der Waals surface area contributed by atoms with Crippen molar-refractivity contribution in [2.24, 2.45) is 0 Å². The molecule has 1 amide bonds. The van der Waals surface area contributed by atoms with Gasteiger partial charge in [0.1, 0.15) is 0 Å². The van der Waals surface area contributed by atoms with Crippen LogP contribution < -0.4 is 5.32 Å². The molecule has 0 fully saturated rings. The zero-order valence-corrected chi connectivity index (χ0v) is 18.0. The van der Waals surface area contributed by atoms with Crippen LogP contribution in [0.1, 0.15) is 26.5 Å². The number of rotatable bonds is 6. The number of hydrogen-bond donors (Lipinski definition) is 1. The van der Waals surface area contributed by atoms with Gasteiger partial charge in [0, 0.05) is 23.9 Å². The lowest BCUT2D eigenvalue weighted by atomic mass is 10.1. The van der Waals surface area contributed by atoms with E-state index in [0.29, 0.717) is 16.8 Å². The maximum atomic E-state index is 12.4. The Morgan fingerprint density at radius 2 is 1.60 bits per heavy atom. The first kappa shape index (κ1) is 20.3. The first-order valence-corrected chi connectivity index (χ1v) is 12.2. The average molecular weight is 437 g/mol. The normalized spacial score (nSPS) is 11.5. The highest BCUT2D eigenvalue weighted by atomic mass is 32.2. The second-order valence-electron chi connectivity index (χ2n) is 7.17. The first-order valence-electron chi connectivity index (χ1n) is 9.37. The van der Waals surface area contributed by atoms with Crippen LogP contribution in [-0.4, -0.2) is 25.6 Å². The van der Waals surface area contributed by atoms with E-state index in [1.54, 1.807) is 35.6 Å². The van der Waals surface area contributed by atoms with Gasteiger partial charge in [0.05, 0.1) is 21.0 Å². The predicted octanol–water partition coefficient (Wildman–Crippen LogP) is 4.68. The summed E-state index contributed by atoms with van der Waals surface area (Å²) in [6.07, 6.45) is 1.93. The molecule has 0 aliphatic rings. The van der Waals surface area contributed by atoms with Gasteiger partial charge in [0.25, 0.3) is 5.91 Å². The summed E-state index contributed by atoms with van der Waals surface area (Å²) in [5, 5.41) is 3.93. The number of para-hydroxylation sites is 1. The number of carbonyl (C=O) groups excluding carboxylic acids is 1. The number of carbonyl (C=O) groups is 1. The number of nitrogens with one attached hydrogen (secondary N) is 1. The van der Waals surface area contributed by atoms with E-state index < -0.39 is 9.84 Å². The number of benzene rings is 3. The molecule has 0 aliphatic heterocycles. The van der Waals surface area contributed by atoms with E-state index in [1.165, 1.54) is 11.0 Å². The molecule has 7 heteroatoms. The minimum atomic E-state index is -3.10. The second-order valence-corrected chi connectivity index (χ2v) is 10.4. The fraction of sp³-hybridized carbons (Fsp3) is 0.130. The molecule has 4 aromatic rings. The van der Waals surface area contributed by atoms with E-state index in [4.69, 9.17) is 0 Å². The zero-order chi connectivity index (χ0) is 21.1. The third-order valence-corrected chi connectivity index (χ3v) is 6.44. The molecule has 1 aromatic heterocycles. The molecule has 1 heterocycles. The van der Waals surface area contributed by atoms with Crippen molar-refractivity contribution in [1.29, 1.82) is 0 Å². The van der Waals surface area contributed by atoms with E-state index >= 15 is 0 Å². The Morgan fingerprint density at radius 1 is 0.933 bits per heavy atom. The van der Waals surface area contributed by atoms with Gasteiger partial charge in [0.2, 0.25) is 0 Å². The molecule has 3 aromatic carbocycles. The van der Waals surface area contributed by atoms with E-state index in [1.807, 2.05) is 42.5 Å². The van der Waals surface area contributed by atoms with Crippen molar-refractivity contribution >= 4 is 43.0 Å². The Kier molecular flexibility index (Phi) is 5.65. The lowest BCUT2D eigenvalue weighted by molar-refractivity contribution is 0.102. The zero-order valence-electron chi connectivity index (χ0n) is 16.3. The van der Waals surface area contributed by atoms with Gasteiger partial charge in [-0.25, -0.2) is 13.4 Å². The Bertz CT molecular complexity index is 1260. The van der Waals surface area contributed by atoms with Crippen molar-refractivity contribution in [2.75, 3.05) is 11.6 Å². The number of hydrogen-bond acceptors (Lipinski definition) is 5. The lowest BCUT2D eigenvalue weighted by Gasteiger charge is -2.07. The fourth-order valence-electron chi connectivity index (χ4n) is 3.13. The maximum Gasteiger partial charge on any atom is 0.255 e. The number of thiazole rings is 1. The number of fused-ring (bicyclic) bond motifs is 1. The van der Waals surface area contributed by atoms with Gasteiger partial charge in [-0.05, 0) is 47.5 Å². The summed E-state index contributed by atoms with van der Waals surface area (Å²) in [5.41, 5.74) is 3.98. The quantitative estimate of drug-likeness (QED) is 0.476. The standard InChI is InChI=1S/C23H20N2O3S2/c1-30(27,28)15-17-6-10-18(11-7-17)23(26)24-19-12-8-16(9-13-19)14-22-25-20-4-2-3-5-21(20)29-22/h2-13H,14-15H2,1H3,(H,24,26). The summed E-state index contributed by atoms with van der Waals surface area (Å²) in [6.45, 7) is 0. The molecular weight excluding hydrogens is 416 g/mol. The van der Waals surface area contributed by atoms with Gasteiger partial charge in [0.15, 0.2) is 9.84 Å². The highest BCUT2D eigenvalue weighted by Gasteiger charge is 2.09. The third-order valence-electron chi connectivity index (χ3n) is 4.55. The van der Waals surface area contributed by atoms with Gasteiger partial charge in [-0.1, -0.05) is 36.4 Å². The summed E-state index contributed by atoms with van der Waals surface area (Å²) in [4.78, 5) is 17.1. The number of sulfone groups is 1. The lowest BCUT2D eigenvalue weighted by Crippen LogP contribution is -2.12. The molecule has 5 nitrogen and oxygen atoms in total. The van der Waals surface area contributed by atoms with Gasteiger partial charge >= 0.3 is 0 Å². The number of aromatic nitrogens is 1. The Hall–Kier alpha value is -3.03. The highest BCUT2D eigenvalue weighted by molar-refractivity contribution is 7.89. The van der Waals surface area contributed by atoms with E-state index in [9.17, 15) is 13.2 Å². The number of anilines is 1. The molecule has 4 rings (SSSR count). The molecular formula is C23H20N2O3S2. The Labute approximate surface area is 179 Å². The molecule has 30 heavy (non-hydrogen) atoms. The van der Waals surface area contributed by atoms with Crippen molar-refractivity contribution in [2.45, 2.75) is 12.2 Å². The van der Waals surface area contributed by atoms with Crippen LogP contribution in [0.5, 0.6) is 0 Å². The summed E-state index contributed by atoms with van der Waals surface area (Å²) in [5.74, 6) is -0.273. The molecule has 0 bridgehead atoms. The predicted molar refractivity (Wildman–Crippen MR) is 122 cm³/mol. The van der Waals surface area contributed by atoms with Crippen LogP contribution >= 0.6 is 11.3 Å². The van der Waals surface area contributed by atoms with Crippen LogP contribution in [0.3, 0.4) is 0 Å². The van der Waals surface area contributed by atoms with Gasteiger partial charge < -0.3 is 5.32 Å². The molecule has 0 spiro atoms. The van der Waals surface area contributed by atoms with Crippen molar-refractivity contribution < 1.29 is 13.2 Å². The van der Waals surface area contributed by atoms with Crippen LogP contribution in [0, 0.1) is 0 Å². The molecule has 0 atom stereocenters. The highest BCUT2D eigenvalue weighted by Crippen LogP contribution is 2.24. The number of amides is 1. The van der Waals surface area contributed by atoms with Crippen LogP contribution in [0.25, 0.3) is 10.2 Å². The van der Waals surface area contributed by atoms with Crippen LogP contribution in [0.15, 0.2) is 72.8 Å². The van der Waals surface area contributed by atoms with Crippen molar-refractivity contribution in [3.8, 4) is 0 Å². The Morgan fingerprint density at radius 3 is 2.27 bits per heavy atom. The minimum Gasteiger partial charge on any atom is -0.322 e. The topological polar surface area (TPSA) is 76.1 Å². The van der Waals surface area contributed by atoms with Crippen LogP contribution in [-0.2, 0) is 22.0 Å². The third kappa shape index (κ3) is 5.11. The monoisotopic (exact) mass is 436 g/mol. The van der Waals surface area contributed by atoms with Crippen LogP contribution in [0.2, 0.25) is 0 Å². The largest absolute Gasteiger partial charge is 0.322 e. The SMILES string of the molecule is CS(=O)(=O)Cc1ccc(C(=O)Nc2ccc(Cc3nc4ccccc4s3)cc2)cc1. The maximum absolute atomic E-state index is 12.4. The molecule has 152 valence electrons.